The van der Waals surface area contributed by atoms with E-state index in [9.17, 15) is 34.2 Å². The van der Waals surface area contributed by atoms with Crippen molar-refractivity contribution in [3.05, 3.63) is 137 Å². The summed E-state index contributed by atoms with van der Waals surface area (Å²) in [6.45, 7) is 45.3. The van der Waals surface area contributed by atoms with Gasteiger partial charge in [-0.2, -0.15) is 5.26 Å². The number of carbonyl (C=O) groups is 5. The van der Waals surface area contributed by atoms with Crippen molar-refractivity contribution in [2.24, 2.45) is 116 Å². The van der Waals surface area contributed by atoms with E-state index in [-0.39, 0.29) is 34.5 Å². The topological polar surface area (TPSA) is 159 Å². The lowest BCUT2D eigenvalue weighted by Gasteiger charge is -2.42. The molecular weight excluding hydrogens is 1310 g/mol. The Morgan fingerprint density at radius 3 is 1.05 bits per heavy atom. The van der Waals surface area contributed by atoms with Crippen molar-refractivity contribution in [2.75, 3.05) is 7.11 Å². The number of nitrogens with zero attached hydrogens (tertiary/aromatic N) is 1. The van der Waals surface area contributed by atoms with Crippen LogP contribution in [-0.4, -0.2) is 46.2 Å². The predicted molar refractivity (Wildman–Crippen MR) is 440 cm³/mol. The lowest BCUT2D eigenvalue weighted by molar-refractivity contribution is -0.129. The molecule has 0 saturated heterocycles. The molecule has 4 aromatic rings. The third kappa shape index (κ3) is 29.7. The smallest absolute Gasteiger partial charge is 0.140 e. The first-order chi connectivity index (χ1) is 49.8. The number of carbonyl (C=O) groups excluding carboxylic acids is 5. The number of ether oxygens (including phenoxy) is 1. The molecule has 0 radical (unpaired) electrons. The highest BCUT2D eigenvalue weighted by Gasteiger charge is 2.44. The Balaban J connectivity index is 0.000000239. The molecule has 0 bridgehead atoms. The van der Waals surface area contributed by atoms with E-state index in [0.29, 0.717) is 156 Å². The van der Waals surface area contributed by atoms with Gasteiger partial charge in [0.15, 0.2) is 0 Å². The minimum absolute atomic E-state index is 0.168. The highest BCUT2D eigenvalue weighted by atomic mass is 16.5. The van der Waals surface area contributed by atoms with Gasteiger partial charge in [-0.3, -0.25) is 24.0 Å². The summed E-state index contributed by atoms with van der Waals surface area (Å²) in [6, 6.07) is 37.3. The lowest BCUT2D eigenvalue weighted by atomic mass is 9.62. The summed E-state index contributed by atoms with van der Waals surface area (Å²) in [7, 11) is 1.66. The zero-order valence-electron chi connectivity index (χ0n) is 70.5. The van der Waals surface area contributed by atoms with Crippen LogP contribution in [0.3, 0.4) is 0 Å². The van der Waals surface area contributed by atoms with Gasteiger partial charge in [-0.1, -0.05) is 242 Å². The van der Waals surface area contributed by atoms with Crippen LogP contribution < -0.4 is 4.74 Å². The maximum absolute atomic E-state index is 12.9. The van der Waals surface area contributed by atoms with E-state index in [1.54, 1.807) is 7.11 Å². The van der Waals surface area contributed by atoms with E-state index >= 15 is 0 Å². The van der Waals surface area contributed by atoms with Crippen LogP contribution >= 0.6 is 0 Å². The molecule has 5 saturated carbocycles. The Hall–Kier alpha value is -5.56. The molecule has 9 heteroatoms. The van der Waals surface area contributed by atoms with Crippen molar-refractivity contribution in [3.8, 4) is 11.8 Å². The van der Waals surface area contributed by atoms with Gasteiger partial charge in [0.05, 0.1) is 31.8 Å². The molecule has 5 aliphatic carbocycles. The molecule has 0 amide bonds. The van der Waals surface area contributed by atoms with Gasteiger partial charge in [0.2, 0.25) is 0 Å². The zero-order valence-corrected chi connectivity index (χ0v) is 70.5. The van der Waals surface area contributed by atoms with Gasteiger partial charge >= 0.3 is 0 Å². The highest BCUT2D eigenvalue weighted by molar-refractivity contribution is 5.85. The fraction of sp³-hybridized carbons (Fsp3) is 0.691. The quantitative estimate of drug-likeness (QED) is 0.0624. The second kappa shape index (κ2) is 43.1. The van der Waals surface area contributed by atoms with Crippen LogP contribution in [0.2, 0.25) is 0 Å². The summed E-state index contributed by atoms with van der Waals surface area (Å²) in [5.41, 5.74) is 6.22. The fourth-order valence-electron chi connectivity index (χ4n) is 18.9. The number of hydrogen-bond donors (Lipinski definition) is 2. The maximum Gasteiger partial charge on any atom is 0.140 e. The largest absolute Gasteiger partial charge is 0.497 e. The number of benzene rings is 4. The van der Waals surface area contributed by atoms with Crippen molar-refractivity contribution >= 4 is 28.9 Å². The first kappa shape index (κ1) is 91.1. The van der Waals surface area contributed by atoms with E-state index in [0.717, 1.165) is 84.9 Å². The van der Waals surface area contributed by atoms with Gasteiger partial charge in [0, 0.05) is 61.7 Å². The van der Waals surface area contributed by atoms with Gasteiger partial charge in [0.1, 0.15) is 34.7 Å². The lowest BCUT2D eigenvalue weighted by Crippen LogP contribution is -2.37. The second-order valence-electron chi connectivity index (χ2n) is 38.5. The van der Waals surface area contributed by atoms with Crippen LogP contribution in [-0.2, 0) is 43.2 Å². The van der Waals surface area contributed by atoms with Gasteiger partial charge in [-0.25, -0.2) is 0 Å². The first-order valence-electron chi connectivity index (χ1n) is 42.0. The van der Waals surface area contributed by atoms with E-state index in [2.05, 4.69) is 145 Å². The van der Waals surface area contributed by atoms with E-state index < -0.39 is 12.2 Å². The monoisotopic (exact) mass is 1460 g/mol. The molecule has 5 aliphatic rings. The Morgan fingerprint density at radius 1 is 0.425 bits per heavy atom. The second-order valence-corrected chi connectivity index (χ2v) is 38.5. The highest BCUT2D eigenvalue weighted by Crippen LogP contribution is 2.50. The molecule has 2 N–H and O–H groups in total. The normalized spacial score (nSPS) is 25.6. The number of nitriles is 1. The minimum Gasteiger partial charge on any atom is -0.497 e. The van der Waals surface area contributed by atoms with Crippen molar-refractivity contribution < 1.29 is 38.9 Å². The summed E-state index contributed by atoms with van der Waals surface area (Å²) in [4.78, 5) is 63.5. The predicted octanol–water partition coefficient (Wildman–Crippen LogP) is 24.3. The van der Waals surface area contributed by atoms with Crippen molar-refractivity contribution in [3.63, 3.8) is 0 Å². The third-order valence-electron chi connectivity index (χ3n) is 25.7. The van der Waals surface area contributed by atoms with Crippen LogP contribution in [0.4, 0.5) is 0 Å². The summed E-state index contributed by atoms with van der Waals surface area (Å²) in [5.74, 6) is 10.3. The number of methoxy groups -OCH3 is 1. The Kier molecular flexibility index (Phi) is 37.1. The van der Waals surface area contributed by atoms with Crippen LogP contribution in [0, 0.1) is 128 Å². The molecule has 0 aliphatic heterocycles. The molecular formula is C97H149NO8. The average Bonchev–Trinajstić information content (AvgIpc) is 0.799. The minimum atomic E-state index is -0.533. The van der Waals surface area contributed by atoms with Crippen molar-refractivity contribution in [2.45, 2.75) is 305 Å². The number of aliphatic hydroxyl groups excluding tert-OH is 2. The average molecular weight is 1460 g/mol. The first-order valence-corrected chi connectivity index (χ1v) is 42.0. The molecule has 590 valence electrons. The Morgan fingerprint density at radius 2 is 0.726 bits per heavy atom. The molecule has 0 spiro atoms. The van der Waals surface area contributed by atoms with Crippen molar-refractivity contribution in [1.29, 1.82) is 5.26 Å². The Bertz CT molecular complexity index is 3290. The summed E-state index contributed by atoms with van der Waals surface area (Å²) in [5, 5.41) is 29.3. The molecule has 13 atom stereocenters. The number of Topliss-reactive ketones (excluding diaryl/α,β-unsaturated/α-hetero) is 5. The SMILES string of the molecule is CC(C)C1CCC(C)(C)CC1C(=O)CCC(O)c1ccccc1.CC(C)C1CCC(C)(C)CC1C(=O)Cc1ccc(CC#N)cc1.CC(C)[C@@H]1CC[C@@H](C)CC1C(=O)CCC(O)c1ccccc1.CCCC(=O)C1CC(C)(C)CCC1C(C)C.COc1ccc(CC(=O)C2CC(C)(C)CCC2C(C)C)cc1. The van der Waals surface area contributed by atoms with Gasteiger partial charge < -0.3 is 14.9 Å². The van der Waals surface area contributed by atoms with Gasteiger partial charge in [0.25, 0.3) is 0 Å². The molecule has 5 fully saturated rings. The van der Waals surface area contributed by atoms with Crippen LogP contribution in [0.25, 0.3) is 0 Å². The standard InChI is InChI=1S/C21H29NO.C21H32O2.2C20H30O2.C15H28O/c1-15(2)18-9-11-21(3,4)14-19(18)20(23)13-17-7-5-16(6-8-17)10-12-22;1-15(2)17-12-13-21(3,4)14-18(17)20(23)11-10-19(22)16-8-6-5-7-9-16;1-14(2)17-10-11-20(3,4)13-18(17)19(21)12-15-6-8-16(22-5)9-7-15;1-14(2)17-10-9-15(3)13-18(17)20(22)12-11-19(21)16-7-5-4-6-8-16;1-6-7-14(16)13-10-15(4,5)9-8-12(13)11(2)3/h5-8,15,18-19H,9-11,13-14H2,1-4H3;5-9,15,17-19,22H,10-14H2,1-4H3;6-9,14,17-18H,10-13H2,1-5H3;4-8,14-15,17-19,21H,9-13H2,1-3H3;11-13H,6-10H2,1-5H3/t;;;15-,17+,18?,19?;/m...1./s1. The van der Waals surface area contributed by atoms with Crippen LogP contribution in [0.1, 0.15) is 313 Å². The molecule has 9 nitrogen and oxygen atoms in total. The fourth-order valence-corrected chi connectivity index (χ4v) is 18.9. The Labute approximate surface area is 646 Å². The molecule has 11 unspecified atom stereocenters. The molecule has 9 rings (SSSR count). The number of hydrogen-bond acceptors (Lipinski definition) is 9. The van der Waals surface area contributed by atoms with Crippen LogP contribution in [0.5, 0.6) is 5.75 Å². The third-order valence-corrected chi connectivity index (χ3v) is 25.7. The number of rotatable bonds is 26. The van der Waals surface area contributed by atoms with E-state index in [4.69, 9.17) is 10.00 Å². The number of ketones is 5. The van der Waals surface area contributed by atoms with Gasteiger partial charge in [-0.05, 0) is 236 Å². The molecule has 0 heterocycles. The van der Waals surface area contributed by atoms with Crippen LogP contribution in [0.15, 0.2) is 109 Å². The maximum atomic E-state index is 12.9. The molecule has 0 aromatic heterocycles. The van der Waals surface area contributed by atoms with E-state index in [1.165, 1.54) is 57.8 Å². The van der Waals surface area contributed by atoms with Crippen molar-refractivity contribution in [1.82, 2.24) is 0 Å². The molecule has 4 aromatic carbocycles. The summed E-state index contributed by atoms with van der Waals surface area (Å²) in [6.07, 6.45) is 21.6. The summed E-state index contributed by atoms with van der Waals surface area (Å²) < 4.78 is 5.18. The summed E-state index contributed by atoms with van der Waals surface area (Å²) >= 11 is 0. The molecule has 106 heavy (non-hydrogen) atoms. The van der Waals surface area contributed by atoms with E-state index in [1.807, 2.05) is 109 Å². The zero-order chi connectivity index (χ0) is 78.9. The van der Waals surface area contributed by atoms with Gasteiger partial charge in [-0.15, -0.1) is 0 Å². The number of aliphatic hydroxyl groups is 2.